The van der Waals surface area contributed by atoms with E-state index >= 15 is 0 Å². The molecular formula is C17H14Cl3N3. The molecule has 0 aliphatic heterocycles. The van der Waals surface area contributed by atoms with Gasteiger partial charge in [0.25, 0.3) is 0 Å². The zero-order valence-electron chi connectivity index (χ0n) is 12.4. The second-order valence-corrected chi connectivity index (χ2v) is 6.34. The number of hydrogen-bond donors (Lipinski definition) is 1. The largest absolute Gasteiger partial charge is 0.351 e. The van der Waals surface area contributed by atoms with E-state index < -0.39 is 0 Å². The monoisotopic (exact) mass is 365 g/mol. The average Bonchev–Trinajstić information content (AvgIpc) is 2.89. The third-order valence-corrected chi connectivity index (χ3v) is 4.57. The van der Waals surface area contributed by atoms with Crippen molar-refractivity contribution in [1.29, 1.82) is 0 Å². The van der Waals surface area contributed by atoms with Gasteiger partial charge in [-0.05, 0) is 29.8 Å². The molecular weight excluding hydrogens is 353 g/mol. The molecule has 0 saturated carbocycles. The lowest BCUT2D eigenvalue weighted by Crippen LogP contribution is -2.06. The smallest absolute Gasteiger partial charge is 0.203 e. The first kappa shape index (κ1) is 16.2. The van der Waals surface area contributed by atoms with Crippen LogP contribution in [0.3, 0.4) is 0 Å². The fourth-order valence-corrected chi connectivity index (χ4v) is 2.99. The first-order chi connectivity index (χ1) is 11.1. The van der Waals surface area contributed by atoms with E-state index in [1.165, 1.54) is 0 Å². The van der Waals surface area contributed by atoms with Gasteiger partial charge in [0.05, 0.1) is 11.9 Å². The van der Waals surface area contributed by atoms with Gasteiger partial charge in [-0.1, -0.05) is 53.0 Å². The highest BCUT2D eigenvalue weighted by atomic mass is 35.5. The molecule has 0 aliphatic carbocycles. The molecule has 0 atom stereocenters. The van der Waals surface area contributed by atoms with Gasteiger partial charge < -0.3 is 9.88 Å². The average molecular weight is 367 g/mol. The quantitative estimate of drug-likeness (QED) is 0.645. The highest BCUT2D eigenvalue weighted by Gasteiger charge is 2.10. The molecule has 0 saturated heterocycles. The maximum Gasteiger partial charge on any atom is 0.203 e. The number of benzene rings is 2. The number of aromatic nitrogens is 2. The number of imidazole rings is 1. The first-order valence-electron chi connectivity index (χ1n) is 7.00. The van der Waals surface area contributed by atoms with Crippen LogP contribution < -0.4 is 5.32 Å². The SMILES string of the molecule is Cn1c(-c2ccc(Cl)cc2)cnc1NCc1c(Cl)cccc1Cl. The molecule has 0 aliphatic rings. The van der Waals surface area contributed by atoms with Crippen LogP contribution in [0.5, 0.6) is 0 Å². The standard InChI is InChI=1S/C17H14Cl3N3/c1-23-16(11-5-7-12(18)8-6-11)10-22-17(23)21-9-13-14(19)3-2-4-15(13)20/h2-8,10H,9H2,1H3,(H,21,22). The van der Waals surface area contributed by atoms with E-state index in [0.29, 0.717) is 21.6 Å². The predicted molar refractivity (Wildman–Crippen MR) is 97.4 cm³/mol. The molecule has 0 spiro atoms. The highest BCUT2D eigenvalue weighted by Crippen LogP contribution is 2.27. The number of anilines is 1. The Bertz CT molecular complexity index is 805. The van der Waals surface area contributed by atoms with Gasteiger partial charge in [0.2, 0.25) is 5.95 Å². The normalized spacial score (nSPS) is 10.8. The predicted octanol–water partition coefficient (Wildman–Crippen LogP) is 5.66. The molecule has 118 valence electrons. The van der Waals surface area contributed by atoms with E-state index in [4.69, 9.17) is 34.8 Å². The van der Waals surface area contributed by atoms with Crippen LogP contribution >= 0.6 is 34.8 Å². The Morgan fingerprint density at radius 1 is 1.00 bits per heavy atom. The van der Waals surface area contributed by atoms with Crippen molar-refractivity contribution in [2.75, 3.05) is 5.32 Å². The van der Waals surface area contributed by atoms with Crippen LogP contribution in [0.4, 0.5) is 5.95 Å². The zero-order chi connectivity index (χ0) is 16.4. The van der Waals surface area contributed by atoms with Crippen molar-refractivity contribution in [3.05, 3.63) is 69.3 Å². The zero-order valence-corrected chi connectivity index (χ0v) is 14.6. The van der Waals surface area contributed by atoms with Crippen LogP contribution in [0.25, 0.3) is 11.3 Å². The lowest BCUT2D eigenvalue weighted by molar-refractivity contribution is 0.907. The van der Waals surface area contributed by atoms with Crippen LogP contribution in [0.15, 0.2) is 48.7 Å². The number of nitrogens with zero attached hydrogens (tertiary/aromatic N) is 2. The third-order valence-electron chi connectivity index (χ3n) is 3.61. The van der Waals surface area contributed by atoms with Gasteiger partial charge in [-0.25, -0.2) is 4.98 Å². The lowest BCUT2D eigenvalue weighted by atomic mass is 10.2. The summed E-state index contributed by atoms with van der Waals surface area (Å²) >= 11 is 18.3. The van der Waals surface area contributed by atoms with E-state index in [-0.39, 0.29) is 0 Å². The Morgan fingerprint density at radius 3 is 2.30 bits per heavy atom. The Kier molecular flexibility index (Phi) is 4.81. The van der Waals surface area contributed by atoms with E-state index in [0.717, 1.165) is 22.8 Å². The number of halogens is 3. The van der Waals surface area contributed by atoms with Crippen LogP contribution in [-0.4, -0.2) is 9.55 Å². The fraction of sp³-hybridized carbons (Fsp3) is 0.118. The molecule has 3 nitrogen and oxygen atoms in total. The van der Waals surface area contributed by atoms with Crippen molar-refractivity contribution in [3.63, 3.8) is 0 Å². The molecule has 3 aromatic rings. The number of nitrogens with one attached hydrogen (secondary N) is 1. The molecule has 0 fully saturated rings. The maximum absolute atomic E-state index is 6.19. The summed E-state index contributed by atoms with van der Waals surface area (Å²) in [5.41, 5.74) is 2.90. The lowest BCUT2D eigenvalue weighted by Gasteiger charge is -2.10. The molecule has 6 heteroatoms. The minimum Gasteiger partial charge on any atom is -0.351 e. The molecule has 0 unspecified atom stereocenters. The Hall–Kier alpha value is -1.68. The molecule has 23 heavy (non-hydrogen) atoms. The summed E-state index contributed by atoms with van der Waals surface area (Å²) in [6.45, 7) is 0.503. The first-order valence-corrected chi connectivity index (χ1v) is 8.14. The molecule has 1 N–H and O–H groups in total. The number of rotatable bonds is 4. The number of hydrogen-bond acceptors (Lipinski definition) is 2. The second-order valence-electron chi connectivity index (χ2n) is 5.09. The van der Waals surface area contributed by atoms with Crippen LogP contribution in [0, 0.1) is 0 Å². The molecule has 0 amide bonds. The summed E-state index contributed by atoms with van der Waals surface area (Å²) in [5.74, 6) is 0.742. The van der Waals surface area contributed by atoms with Crippen LogP contribution in [-0.2, 0) is 13.6 Å². The minimum atomic E-state index is 0.503. The van der Waals surface area contributed by atoms with Gasteiger partial charge in [0, 0.05) is 34.2 Å². The molecule has 1 aromatic heterocycles. The minimum absolute atomic E-state index is 0.503. The van der Waals surface area contributed by atoms with Gasteiger partial charge >= 0.3 is 0 Å². The Labute approximate surface area is 149 Å². The highest BCUT2D eigenvalue weighted by molar-refractivity contribution is 6.36. The van der Waals surface area contributed by atoms with E-state index in [1.54, 1.807) is 0 Å². The van der Waals surface area contributed by atoms with Gasteiger partial charge in [0.15, 0.2) is 0 Å². The fourth-order valence-electron chi connectivity index (χ4n) is 2.33. The molecule has 0 radical (unpaired) electrons. The van der Waals surface area contributed by atoms with Crippen molar-refractivity contribution >= 4 is 40.8 Å². The van der Waals surface area contributed by atoms with E-state index in [9.17, 15) is 0 Å². The molecule has 1 heterocycles. The van der Waals surface area contributed by atoms with Crippen molar-refractivity contribution in [2.24, 2.45) is 7.05 Å². The molecule has 2 aromatic carbocycles. The summed E-state index contributed by atoms with van der Waals surface area (Å²) < 4.78 is 1.98. The molecule has 3 rings (SSSR count). The summed E-state index contributed by atoms with van der Waals surface area (Å²) in [5, 5.41) is 5.25. The Balaban J connectivity index is 1.81. The topological polar surface area (TPSA) is 29.9 Å². The van der Waals surface area contributed by atoms with Crippen molar-refractivity contribution in [1.82, 2.24) is 9.55 Å². The van der Waals surface area contributed by atoms with Gasteiger partial charge in [-0.15, -0.1) is 0 Å². The summed E-state index contributed by atoms with van der Waals surface area (Å²) in [4.78, 5) is 4.42. The Morgan fingerprint density at radius 2 is 1.65 bits per heavy atom. The van der Waals surface area contributed by atoms with Crippen molar-refractivity contribution in [3.8, 4) is 11.3 Å². The van der Waals surface area contributed by atoms with Crippen molar-refractivity contribution in [2.45, 2.75) is 6.54 Å². The maximum atomic E-state index is 6.19. The molecule has 0 bridgehead atoms. The van der Waals surface area contributed by atoms with Crippen molar-refractivity contribution < 1.29 is 0 Å². The third kappa shape index (κ3) is 3.47. The summed E-state index contributed by atoms with van der Waals surface area (Å²) in [6.07, 6.45) is 1.82. The van der Waals surface area contributed by atoms with Gasteiger partial charge in [-0.2, -0.15) is 0 Å². The second kappa shape index (κ2) is 6.83. The van der Waals surface area contributed by atoms with E-state index in [1.807, 2.05) is 60.3 Å². The van der Waals surface area contributed by atoms with Crippen LogP contribution in [0.1, 0.15) is 5.56 Å². The summed E-state index contributed by atoms with van der Waals surface area (Å²) in [7, 11) is 1.95. The van der Waals surface area contributed by atoms with Gasteiger partial charge in [-0.3, -0.25) is 0 Å². The summed E-state index contributed by atoms with van der Waals surface area (Å²) in [6, 6.07) is 13.1. The van der Waals surface area contributed by atoms with Crippen LogP contribution in [0.2, 0.25) is 15.1 Å². The van der Waals surface area contributed by atoms with E-state index in [2.05, 4.69) is 10.3 Å². The van der Waals surface area contributed by atoms with Gasteiger partial charge in [0.1, 0.15) is 0 Å².